The molecule has 2 rings (SSSR count). The van der Waals surface area contributed by atoms with E-state index in [4.69, 9.17) is 5.73 Å². The molecule has 1 heterocycles. The molecular weight excluding hydrogens is 220 g/mol. The van der Waals surface area contributed by atoms with E-state index in [0.29, 0.717) is 0 Å². The molecule has 94 valence electrons. The van der Waals surface area contributed by atoms with Gasteiger partial charge in [0, 0.05) is 12.4 Å². The van der Waals surface area contributed by atoms with Crippen molar-refractivity contribution in [2.75, 3.05) is 0 Å². The molecule has 0 aliphatic heterocycles. The number of rotatable bonds is 3. The van der Waals surface area contributed by atoms with Crippen LogP contribution in [-0.4, -0.2) is 4.98 Å². The second-order valence-corrected chi connectivity index (χ2v) is 5.00. The summed E-state index contributed by atoms with van der Waals surface area (Å²) in [5, 5.41) is 0. The average Bonchev–Trinajstić information content (AvgIpc) is 2.39. The van der Waals surface area contributed by atoms with Crippen LogP contribution in [0.3, 0.4) is 0 Å². The van der Waals surface area contributed by atoms with Crippen LogP contribution in [0.25, 0.3) is 0 Å². The topological polar surface area (TPSA) is 38.9 Å². The number of benzene rings is 1. The Kier molecular flexibility index (Phi) is 3.48. The molecule has 0 saturated carbocycles. The Labute approximate surface area is 109 Å². The fraction of sp³-hybridized carbons (Fsp3) is 0.312. The summed E-state index contributed by atoms with van der Waals surface area (Å²) in [5.74, 6) is 0. The highest BCUT2D eigenvalue weighted by Gasteiger charge is 2.23. The third-order valence-electron chi connectivity index (χ3n) is 3.44. The van der Waals surface area contributed by atoms with E-state index >= 15 is 0 Å². The van der Waals surface area contributed by atoms with Crippen LogP contribution in [-0.2, 0) is 12.0 Å². The Morgan fingerprint density at radius 2 is 1.78 bits per heavy atom. The Balaban J connectivity index is 2.40. The predicted molar refractivity (Wildman–Crippen MR) is 75.4 cm³/mol. The van der Waals surface area contributed by atoms with Gasteiger partial charge in [-0.25, -0.2) is 0 Å². The van der Waals surface area contributed by atoms with E-state index in [1.807, 2.05) is 26.2 Å². The third kappa shape index (κ3) is 2.44. The second-order valence-electron chi connectivity index (χ2n) is 5.00. The molecule has 2 N–H and O–H groups in total. The van der Waals surface area contributed by atoms with E-state index < -0.39 is 5.54 Å². The van der Waals surface area contributed by atoms with Crippen LogP contribution >= 0.6 is 0 Å². The lowest BCUT2D eigenvalue weighted by molar-refractivity contribution is 0.599. The zero-order valence-electron chi connectivity index (χ0n) is 11.3. The van der Waals surface area contributed by atoms with Gasteiger partial charge in [-0.15, -0.1) is 0 Å². The molecule has 2 heteroatoms. The van der Waals surface area contributed by atoms with Crippen molar-refractivity contribution in [3.63, 3.8) is 0 Å². The highest BCUT2D eigenvalue weighted by atomic mass is 14.7. The Morgan fingerprint density at radius 3 is 2.33 bits per heavy atom. The monoisotopic (exact) mass is 240 g/mol. The molecule has 0 aliphatic carbocycles. The molecule has 1 atom stereocenters. The van der Waals surface area contributed by atoms with E-state index in [9.17, 15) is 0 Å². The fourth-order valence-corrected chi connectivity index (χ4v) is 2.09. The maximum atomic E-state index is 6.48. The molecule has 0 aliphatic rings. The molecule has 1 unspecified atom stereocenters. The first kappa shape index (κ1) is 12.8. The quantitative estimate of drug-likeness (QED) is 0.895. The van der Waals surface area contributed by atoms with Crippen molar-refractivity contribution in [3.05, 3.63) is 65.0 Å². The molecule has 2 nitrogen and oxygen atoms in total. The highest BCUT2D eigenvalue weighted by Crippen LogP contribution is 2.26. The molecule has 2 aromatic rings. The largest absolute Gasteiger partial charge is 0.318 e. The smallest absolute Gasteiger partial charge is 0.0652 e. The fourth-order valence-electron chi connectivity index (χ4n) is 2.09. The van der Waals surface area contributed by atoms with Crippen LogP contribution < -0.4 is 5.73 Å². The minimum Gasteiger partial charge on any atom is -0.318 e. The molecule has 0 spiro atoms. The van der Waals surface area contributed by atoms with Crippen LogP contribution in [0, 0.1) is 6.92 Å². The van der Waals surface area contributed by atoms with Crippen molar-refractivity contribution in [1.82, 2.24) is 4.98 Å². The van der Waals surface area contributed by atoms with E-state index in [2.05, 4.69) is 42.2 Å². The molecule has 0 saturated heterocycles. The van der Waals surface area contributed by atoms with Crippen molar-refractivity contribution < 1.29 is 0 Å². The van der Waals surface area contributed by atoms with Gasteiger partial charge in [-0.05, 0) is 42.5 Å². The molecule has 0 fully saturated rings. The normalized spacial score (nSPS) is 14.2. The maximum absolute atomic E-state index is 6.48. The van der Waals surface area contributed by atoms with Crippen LogP contribution in [0.1, 0.15) is 36.1 Å². The zero-order valence-corrected chi connectivity index (χ0v) is 11.3. The summed E-state index contributed by atoms with van der Waals surface area (Å²) in [6.07, 6.45) is 4.74. The SMILES string of the molecule is CCc1ccc(C(C)(N)c2cncc(C)c2)cc1. The third-order valence-corrected chi connectivity index (χ3v) is 3.44. The van der Waals surface area contributed by atoms with Gasteiger partial charge in [0.1, 0.15) is 0 Å². The van der Waals surface area contributed by atoms with Gasteiger partial charge in [-0.3, -0.25) is 4.98 Å². The van der Waals surface area contributed by atoms with Gasteiger partial charge in [0.05, 0.1) is 5.54 Å². The molecule has 0 amide bonds. The lowest BCUT2D eigenvalue weighted by atomic mass is 9.85. The number of pyridine rings is 1. The van der Waals surface area contributed by atoms with Gasteiger partial charge in [0.2, 0.25) is 0 Å². The van der Waals surface area contributed by atoms with Crippen molar-refractivity contribution in [3.8, 4) is 0 Å². The lowest BCUT2D eigenvalue weighted by Crippen LogP contribution is -2.34. The Hall–Kier alpha value is -1.67. The first-order valence-corrected chi connectivity index (χ1v) is 6.34. The number of nitrogens with zero attached hydrogens (tertiary/aromatic N) is 1. The van der Waals surface area contributed by atoms with Crippen LogP contribution in [0.4, 0.5) is 0 Å². The Bertz CT molecular complexity index is 527. The highest BCUT2D eigenvalue weighted by molar-refractivity contribution is 5.38. The van der Waals surface area contributed by atoms with Gasteiger partial charge in [-0.1, -0.05) is 37.3 Å². The van der Waals surface area contributed by atoms with Crippen molar-refractivity contribution in [1.29, 1.82) is 0 Å². The number of aromatic nitrogens is 1. The van der Waals surface area contributed by atoms with Crippen LogP contribution in [0.2, 0.25) is 0 Å². The number of aryl methyl sites for hydroxylation is 2. The molecule has 1 aromatic carbocycles. The van der Waals surface area contributed by atoms with Crippen LogP contribution in [0.15, 0.2) is 42.7 Å². The van der Waals surface area contributed by atoms with Crippen LogP contribution in [0.5, 0.6) is 0 Å². The molecule has 1 aromatic heterocycles. The van der Waals surface area contributed by atoms with E-state index in [1.165, 1.54) is 5.56 Å². The summed E-state index contributed by atoms with van der Waals surface area (Å²) in [6, 6.07) is 10.6. The predicted octanol–water partition coefficient (Wildman–Crippen LogP) is 3.17. The minimum atomic E-state index is -0.495. The minimum absolute atomic E-state index is 0.495. The second kappa shape index (κ2) is 4.91. The molecule has 0 bridgehead atoms. The average molecular weight is 240 g/mol. The van der Waals surface area contributed by atoms with E-state index in [0.717, 1.165) is 23.1 Å². The maximum Gasteiger partial charge on any atom is 0.0652 e. The summed E-state index contributed by atoms with van der Waals surface area (Å²) >= 11 is 0. The summed E-state index contributed by atoms with van der Waals surface area (Å²) in [6.45, 7) is 6.22. The molecular formula is C16H20N2. The van der Waals surface area contributed by atoms with Gasteiger partial charge in [-0.2, -0.15) is 0 Å². The molecule has 18 heavy (non-hydrogen) atoms. The summed E-state index contributed by atoms with van der Waals surface area (Å²) in [7, 11) is 0. The zero-order chi connectivity index (χ0) is 13.2. The van der Waals surface area contributed by atoms with Gasteiger partial charge < -0.3 is 5.73 Å². The first-order chi connectivity index (χ1) is 8.54. The number of hydrogen-bond acceptors (Lipinski definition) is 2. The van der Waals surface area contributed by atoms with Crippen molar-refractivity contribution in [2.24, 2.45) is 5.73 Å². The van der Waals surface area contributed by atoms with Gasteiger partial charge in [0.15, 0.2) is 0 Å². The van der Waals surface area contributed by atoms with Gasteiger partial charge >= 0.3 is 0 Å². The first-order valence-electron chi connectivity index (χ1n) is 6.34. The van der Waals surface area contributed by atoms with Gasteiger partial charge in [0.25, 0.3) is 0 Å². The summed E-state index contributed by atoms with van der Waals surface area (Å²) in [5.41, 5.74) is 10.6. The number of nitrogens with two attached hydrogens (primary N) is 1. The Morgan fingerprint density at radius 1 is 1.11 bits per heavy atom. The lowest BCUT2D eigenvalue weighted by Gasteiger charge is -2.26. The summed E-state index contributed by atoms with van der Waals surface area (Å²) < 4.78 is 0. The van der Waals surface area contributed by atoms with E-state index in [-0.39, 0.29) is 0 Å². The van der Waals surface area contributed by atoms with E-state index in [1.54, 1.807) is 0 Å². The summed E-state index contributed by atoms with van der Waals surface area (Å²) in [4.78, 5) is 4.23. The van der Waals surface area contributed by atoms with Crippen molar-refractivity contribution in [2.45, 2.75) is 32.7 Å². The number of hydrogen-bond donors (Lipinski definition) is 1. The standard InChI is InChI=1S/C16H20N2/c1-4-13-5-7-14(8-6-13)16(3,17)15-9-12(2)10-18-11-15/h5-11H,4,17H2,1-3H3. The van der Waals surface area contributed by atoms with Crippen molar-refractivity contribution >= 4 is 0 Å². The molecule has 0 radical (unpaired) electrons.